The molecule has 0 saturated heterocycles. The highest BCUT2D eigenvalue weighted by molar-refractivity contribution is 5.67. The molecular formula is C9H21NO2. The van der Waals surface area contributed by atoms with Crippen molar-refractivity contribution in [3.8, 4) is 0 Å². The Morgan fingerprint density at radius 1 is 1.50 bits per heavy atom. The number of hydrogen-bond donors (Lipinski definition) is 2. The Kier molecular flexibility index (Phi) is 8.27. The monoisotopic (exact) mass is 175 g/mol. The molecule has 0 amide bonds. The molecule has 3 heteroatoms. The first-order valence-corrected chi connectivity index (χ1v) is 3.98. The average Bonchev–Trinajstić information content (AvgIpc) is 1.84. The van der Waals surface area contributed by atoms with Gasteiger partial charge < -0.3 is 10.8 Å². The first kappa shape index (κ1) is 14.0. The molecule has 1 atom stereocenters. The number of rotatable bonds is 5. The molecule has 0 bridgehead atoms. The lowest BCUT2D eigenvalue weighted by Gasteiger charge is -2.13. The van der Waals surface area contributed by atoms with Crippen LogP contribution in [0.15, 0.2) is 0 Å². The molecule has 3 N–H and O–H groups in total. The maximum absolute atomic E-state index is 10.3. The van der Waals surface area contributed by atoms with Gasteiger partial charge in [-0.15, -0.1) is 0 Å². The first-order chi connectivity index (χ1) is 5.06. The summed E-state index contributed by atoms with van der Waals surface area (Å²) in [7, 11) is 0. The minimum absolute atomic E-state index is 0. The quantitative estimate of drug-likeness (QED) is 0.668. The van der Waals surface area contributed by atoms with Crippen molar-refractivity contribution in [2.45, 2.75) is 34.1 Å². The van der Waals surface area contributed by atoms with Crippen LogP contribution in [0.25, 0.3) is 0 Å². The van der Waals surface area contributed by atoms with Crippen LogP contribution < -0.4 is 5.73 Å². The predicted molar refractivity (Wildman–Crippen MR) is 51.0 cm³/mol. The largest absolute Gasteiger partial charge is 0.481 e. The third-order valence-corrected chi connectivity index (χ3v) is 1.60. The highest BCUT2D eigenvalue weighted by Crippen LogP contribution is 2.13. The molecule has 0 heterocycles. The molecule has 0 unspecified atom stereocenters. The van der Waals surface area contributed by atoms with Crippen molar-refractivity contribution in [2.24, 2.45) is 17.6 Å². The standard InChI is InChI=1S/C8H17NO2.CH4/c1-6(2)3-7(5-9)4-8(10)11;/h6-7H,3-5,9H2,1-2H3,(H,10,11);1H4/t7-;/m1./s1. The smallest absolute Gasteiger partial charge is 0.303 e. The van der Waals surface area contributed by atoms with Crippen LogP contribution in [0.4, 0.5) is 0 Å². The van der Waals surface area contributed by atoms with Gasteiger partial charge in [0.1, 0.15) is 0 Å². The van der Waals surface area contributed by atoms with E-state index in [0.29, 0.717) is 12.5 Å². The summed E-state index contributed by atoms with van der Waals surface area (Å²) in [5.74, 6) is -0.0727. The summed E-state index contributed by atoms with van der Waals surface area (Å²) in [5.41, 5.74) is 5.41. The topological polar surface area (TPSA) is 63.3 Å². The molecule has 0 spiro atoms. The molecule has 0 radical (unpaired) electrons. The highest BCUT2D eigenvalue weighted by Gasteiger charge is 2.12. The summed E-state index contributed by atoms with van der Waals surface area (Å²) >= 11 is 0. The van der Waals surface area contributed by atoms with Gasteiger partial charge in [-0.1, -0.05) is 21.3 Å². The van der Waals surface area contributed by atoms with Crippen molar-refractivity contribution in [3.63, 3.8) is 0 Å². The van der Waals surface area contributed by atoms with Gasteiger partial charge in [-0.2, -0.15) is 0 Å². The second-order valence-corrected chi connectivity index (χ2v) is 3.33. The Bertz CT molecular complexity index is 124. The zero-order valence-corrected chi connectivity index (χ0v) is 7.21. The second kappa shape index (κ2) is 7.10. The SMILES string of the molecule is C.CC(C)C[C@@H](CN)CC(=O)O. The summed E-state index contributed by atoms with van der Waals surface area (Å²) < 4.78 is 0. The van der Waals surface area contributed by atoms with Crippen molar-refractivity contribution in [2.75, 3.05) is 6.54 Å². The second-order valence-electron chi connectivity index (χ2n) is 3.33. The lowest BCUT2D eigenvalue weighted by atomic mass is 9.94. The number of carboxylic acid groups (broad SMARTS) is 1. The van der Waals surface area contributed by atoms with E-state index < -0.39 is 5.97 Å². The van der Waals surface area contributed by atoms with E-state index >= 15 is 0 Å². The van der Waals surface area contributed by atoms with Crippen LogP contribution in [-0.2, 0) is 4.79 Å². The average molecular weight is 175 g/mol. The summed E-state index contributed by atoms with van der Waals surface area (Å²) in [5, 5.41) is 8.47. The zero-order valence-electron chi connectivity index (χ0n) is 7.21. The third-order valence-electron chi connectivity index (χ3n) is 1.60. The number of carboxylic acids is 1. The normalized spacial score (nSPS) is 12.3. The molecule has 12 heavy (non-hydrogen) atoms. The highest BCUT2D eigenvalue weighted by atomic mass is 16.4. The maximum atomic E-state index is 10.3. The zero-order chi connectivity index (χ0) is 8.85. The fourth-order valence-electron chi connectivity index (χ4n) is 1.18. The molecular weight excluding hydrogens is 154 g/mol. The van der Waals surface area contributed by atoms with E-state index in [1.54, 1.807) is 0 Å². The Balaban J connectivity index is 0. The van der Waals surface area contributed by atoms with E-state index in [1.807, 2.05) is 0 Å². The van der Waals surface area contributed by atoms with E-state index in [0.717, 1.165) is 6.42 Å². The van der Waals surface area contributed by atoms with E-state index in [2.05, 4.69) is 13.8 Å². The summed E-state index contributed by atoms with van der Waals surface area (Å²) in [4.78, 5) is 10.3. The summed E-state index contributed by atoms with van der Waals surface area (Å²) in [6, 6.07) is 0. The van der Waals surface area contributed by atoms with Crippen LogP contribution in [-0.4, -0.2) is 17.6 Å². The van der Waals surface area contributed by atoms with Gasteiger partial charge in [-0.3, -0.25) is 4.79 Å². The van der Waals surface area contributed by atoms with Crippen LogP contribution in [0.3, 0.4) is 0 Å². The van der Waals surface area contributed by atoms with Crippen molar-refractivity contribution in [3.05, 3.63) is 0 Å². The lowest BCUT2D eigenvalue weighted by Crippen LogP contribution is -2.19. The van der Waals surface area contributed by atoms with Crippen LogP contribution in [0.5, 0.6) is 0 Å². The third kappa shape index (κ3) is 7.54. The van der Waals surface area contributed by atoms with Crippen LogP contribution in [0.1, 0.15) is 34.1 Å². The van der Waals surface area contributed by atoms with E-state index in [9.17, 15) is 4.79 Å². The number of aliphatic carboxylic acids is 1. The summed E-state index contributed by atoms with van der Waals surface area (Å²) in [6.45, 7) is 4.62. The van der Waals surface area contributed by atoms with Crippen LogP contribution >= 0.6 is 0 Å². The number of carbonyl (C=O) groups is 1. The molecule has 0 aliphatic rings. The Labute approximate surface area is 75.0 Å². The van der Waals surface area contributed by atoms with Gasteiger partial charge in [-0.25, -0.2) is 0 Å². The van der Waals surface area contributed by atoms with Gasteiger partial charge in [0.2, 0.25) is 0 Å². The van der Waals surface area contributed by atoms with Crippen LogP contribution in [0.2, 0.25) is 0 Å². The molecule has 0 aliphatic carbocycles. The van der Waals surface area contributed by atoms with Crippen molar-refractivity contribution in [1.82, 2.24) is 0 Å². The minimum Gasteiger partial charge on any atom is -0.481 e. The Hall–Kier alpha value is -0.570. The van der Waals surface area contributed by atoms with Crippen molar-refractivity contribution >= 4 is 5.97 Å². The lowest BCUT2D eigenvalue weighted by molar-refractivity contribution is -0.138. The fourth-order valence-corrected chi connectivity index (χ4v) is 1.18. The predicted octanol–water partition coefficient (Wildman–Crippen LogP) is 1.72. The maximum Gasteiger partial charge on any atom is 0.303 e. The Morgan fingerprint density at radius 2 is 2.00 bits per heavy atom. The van der Waals surface area contributed by atoms with Gasteiger partial charge in [0.05, 0.1) is 0 Å². The summed E-state index contributed by atoms with van der Waals surface area (Å²) in [6.07, 6.45) is 1.11. The molecule has 0 aromatic carbocycles. The van der Waals surface area contributed by atoms with Crippen LogP contribution in [0, 0.1) is 11.8 Å². The van der Waals surface area contributed by atoms with Gasteiger partial charge >= 0.3 is 5.97 Å². The number of hydrogen-bond acceptors (Lipinski definition) is 2. The van der Waals surface area contributed by atoms with Gasteiger partial charge in [0, 0.05) is 6.42 Å². The fraction of sp³-hybridized carbons (Fsp3) is 0.889. The van der Waals surface area contributed by atoms with Gasteiger partial charge in [0.15, 0.2) is 0 Å². The first-order valence-electron chi connectivity index (χ1n) is 3.98. The Morgan fingerprint density at radius 3 is 2.25 bits per heavy atom. The molecule has 0 fully saturated rings. The van der Waals surface area contributed by atoms with Gasteiger partial charge in [0.25, 0.3) is 0 Å². The number of nitrogens with two attached hydrogens (primary N) is 1. The molecule has 74 valence electrons. The molecule has 3 nitrogen and oxygen atoms in total. The molecule has 0 aromatic rings. The minimum atomic E-state index is -0.749. The van der Waals surface area contributed by atoms with Gasteiger partial charge in [-0.05, 0) is 24.8 Å². The van der Waals surface area contributed by atoms with Crippen molar-refractivity contribution < 1.29 is 9.90 Å². The van der Waals surface area contributed by atoms with E-state index in [4.69, 9.17) is 10.8 Å². The molecule has 0 aliphatic heterocycles. The van der Waals surface area contributed by atoms with E-state index in [1.165, 1.54) is 0 Å². The molecule has 0 saturated carbocycles. The van der Waals surface area contributed by atoms with E-state index in [-0.39, 0.29) is 19.8 Å². The van der Waals surface area contributed by atoms with Crippen molar-refractivity contribution in [1.29, 1.82) is 0 Å². The molecule has 0 rings (SSSR count). The molecule has 0 aromatic heterocycles.